The number of alkyl halides is 3. The Morgan fingerprint density at radius 2 is 1.76 bits per heavy atom. The molecule has 128 valence electrons. The first-order valence-corrected chi connectivity index (χ1v) is 6.91. The lowest BCUT2D eigenvalue weighted by Crippen LogP contribution is -2.13. The first kappa shape index (κ1) is 16.6. The Morgan fingerprint density at radius 1 is 1.04 bits per heavy atom. The van der Waals surface area contributed by atoms with Gasteiger partial charge in [0.15, 0.2) is 0 Å². The summed E-state index contributed by atoms with van der Waals surface area (Å²) < 4.78 is 55.9. The van der Waals surface area contributed by atoms with E-state index in [4.69, 9.17) is 4.42 Å². The lowest BCUT2D eigenvalue weighted by atomic mass is 10.1. The molecule has 3 aromatic rings. The van der Waals surface area contributed by atoms with Gasteiger partial charge < -0.3 is 4.42 Å². The van der Waals surface area contributed by atoms with Gasteiger partial charge in [-0.15, -0.1) is 5.10 Å². The SMILES string of the molecule is O=C(Nc1nnc(-c2cccc(F)c2)o1)c1ccc(C(F)(F)F)cc1. The lowest BCUT2D eigenvalue weighted by molar-refractivity contribution is -0.137. The van der Waals surface area contributed by atoms with Crippen LogP contribution in [-0.2, 0) is 6.18 Å². The van der Waals surface area contributed by atoms with Crippen molar-refractivity contribution >= 4 is 11.9 Å². The second kappa shape index (κ2) is 6.34. The van der Waals surface area contributed by atoms with E-state index in [1.54, 1.807) is 0 Å². The molecule has 1 N–H and O–H groups in total. The molecule has 0 spiro atoms. The third kappa shape index (κ3) is 3.82. The van der Waals surface area contributed by atoms with Crippen LogP contribution in [-0.4, -0.2) is 16.1 Å². The van der Waals surface area contributed by atoms with Crippen molar-refractivity contribution in [2.75, 3.05) is 5.32 Å². The number of rotatable bonds is 3. The number of amides is 1. The van der Waals surface area contributed by atoms with E-state index in [2.05, 4.69) is 15.5 Å². The molecule has 0 unspecified atom stereocenters. The van der Waals surface area contributed by atoms with Crippen molar-refractivity contribution < 1.29 is 26.8 Å². The number of halogens is 4. The topological polar surface area (TPSA) is 68.0 Å². The Kier molecular flexibility index (Phi) is 4.22. The first-order chi connectivity index (χ1) is 11.8. The molecule has 0 saturated carbocycles. The number of hydrogen-bond donors (Lipinski definition) is 1. The van der Waals surface area contributed by atoms with E-state index in [-0.39, 0.29) is 17.5 Å². The van der Waals surface area contributed by atoms with Crippen LogP contribution in [0.5, 0.6) is 0 Å². The van der Waals surface area contributed by atoms with E-state index in [1.807, 2.05) is 0 Å². The maximum Gasteiger partial charge on any atom is 0.416 e. The second-order valence-corrected chi connectivity index (χ2v) is 4.95. The number of aromatic nitrogens is 2. The summed E-state index contributed by atoms with van der Waals surface area (Å²) in [6.07, 6.45) is -4.48. The van der Waals surface area contributed by atoms with Gasteiger partial charge in [0, 0.05) is 11.1 Å². The van der Waals surface area contributed by atoms with Crippen molar-refractivity contribution in [3.63, 3.8) is 0 Å². The van der Waals surface area contributed by atoms with E-state index < -0.39 is 23.5 Å². The van der Waals surface area contributed by atoms with Gasteiger partial charge in [0.05, 0.1) is 5.56 Å². The predicted molar refractivity (Wildman–Crippen MR) is 79.1 cm³/mol. The monoisotopic (exact) mass is 351 g/mol. The normalized spacial score (nSPS) is 11.4. The molecule has 5 nitrogen and oxygen atoms in total. The summed E-state index contributed by atoms with van der Waals surface area (Å²) in [6.45, 7) is 0. The summed E-state index contributed by atoms with van der Waals surface area (Å²) in [5, 5.41) is 9.53. The largest absolute Gasteiger partial charge is 0.416 e. The number of benzene rings is 2. The van der Waals surface area contributed by atoms with E-state index in [0.717, 1.165) is 24.3 Å². The third-order valence-electron chi connectivity index (χ3n) is 3.19. The standard InChI is InChI=1S/C16H9F4N3O2/c17-12-3-1-2-10(8-12)14-22-23-15(25-14)21-13(24)9-4-6-11(7-5-9)16(18,19)20/h1-8H,(H,21,23,24). The molecule has 1 aromatic heterocycles. The van der Waals surface area contributed by atoms with Gasteiger partial charge >= 0.3 is 12.2 Å². The van der Waals surface area contributed by atoms with Crippen LogP contribution in [0.15, 0.2) is 52.9 Å². The minimum absolute atomic E-state index is 0.0118. The lowest BCUT2D eigenvalue weighted by Gasteiger charge is -2.07. The molecule has 1 heterocycles. The minimum Gasteiger partial charge on any atom is -0.403 e. The van der Waals surface area contributed by atoms with Crippen molar-refractivity contribution in [2.24, 2.45) is 0 Å². The van der Waals surface area contributed by atoms with Crippen LogP contribution in [0.3, 0.4) is 0 Å². The van der Waals surface area contributed by atoms with Crippen LogP contribution in [0, 0.1) is 5.82 Å². The van der Waals surface area contributed by atoms with Crippen LogP contribution >= 0.6 is 0 Å². The van der Waals surface area contributed by atoms with Crippen LogP contribution in [0.25, 0.3) is 11.5 Å². The van der Waals surface area contributed by atoms with Crippen molar-refractivity contribution in [1.29, 1.82) is 0 Å². The number of carbonyl (C=O) groups is 1. The maximum absolute atomic E-state index is 13.2. The minimum atomic E-state index is -4.48. The van der Waals surface area contributed by atoms with E-state index in [9.17, 15) is 22.4 Å². The first-order valence-electron chi connectivity index (χ1n) is 6.91. The van der Waals surface area contributed by atoms with Crippen LogP contribution in [0.2, 0.25) is 0 Å². The molecule has 0 aliphatic rings. The van der Waals surface area contributed by atoms with Gasteiger partial charge in [-0.05, 0) is 42.5 Å². The van der Waals surface area contributed by atoms with Crippen molar-refractivity contribution in [1.82, 2.24) is 10.2 Å². The van der Waals surface area contributed by atoms with Gasteiger partial charge in [0.1, 0.15) is 5.82 Å². The van der Waals surface area contributed by atoms with Crippen molar-refractivity contribution in [3.05, 3.63) is 65.5 Å². The molecule has 0 fully saturated rings. The summed E-state index contributed by atoms with van der Waals surface area (Å²) in [4.78, 5) is 12.0. The molecule has 0 bridgehead atoms. The van der Waals surface area contributed by atoms with Gasteiger partial charge in [-0.25, -0.2) is 4.39 Å². The average molecular weight is 351 g/mol. The molecule has 1 amide bonds. The van der Waals surface area contributed by atoms with E-state index in [1.165, 1.54) is 24.3 Å². The summed E-state index contributed by atoms with van der Waals surface area (Å²) in [5.41, 5.74) is -0.559. The highest BCUT2D eigenvalue weighted by Crippen LogP contribution is 2.29. The van der Waals surface area contributed by atoms with Crippen LogP contribution < -0.4 is 5.32 Å². The highest BCUT2D eigenvalue weighted by molar-refractivity contribution is 6.03. The Balaban J connectivity index is 1.73. The molecule has 0 atom stereocenters. The molecule has 25 heavy (non-hydrogen) atoms. The van der Waals surface area contributed by atoms with Gasteiger partial charge in [-0.3, -0.25) is 10.1 Å². The van der Waals surface area contributed by atoms with Gasteiger partial charge in [-0.1, -0.05) is 11.2 Å². The highest BCUT2D eigenvalue weighted by atomic mass is 19.4. The maximum atomic E-state index is 13.2. The predicted octanol–water partition coefficient (Wildman–Crippen LogP) is 4.15. The Bertz CT molecular complexity index is 904. The van der Waals surface area contributed by atoms with Crippen molar-refractivity contribution in [3.8, 4) is 11.5 Å². The zero-order valence-corrected chi connectivity index (χ0v) is 12.3. The molecule has 0 aliphatic heterocycles. The summed E-state index contributed by atoms with van der Waals surface area (Å²) >= 11 is 0. The van der Waals surface area contributed by atoms with Crippen LogP contribution in [0.4, 0.5) is 23.6 Å². The fraction of sp³-hybridized carbons (Fsp3) is 0.0625. The van der Waals surface area contributed by atoms with E-state index >= 15 is 0 Å². The fourth-order valence-corrected chi connectivity index (χ4v) is 1.99. The molecule has 0 radical (unpaired) electrons. The number of hydrogen-bond acceptors (Lipinski definition) is 4. The summed E-state index contributed by atoms with van der Waals surface area (Å²) in [5.74, 6) is -1.23. The zero-order chi connectivity index (χ0) is 18.0. The zero-order valence-electron chi connectivity index (χ0n) is 12.3. The molecular formula is C16H9F4N3O2. The molecule has 9 heteroatoms. The smallest absolute Gasteiger partial charge is 0.403 e. The van der Waals surface area contributed by atoms with E-state index in [0.29, 0.717) is 5.56 Å². The molecular weight excluding hydrogens is 342 g/mol. The van der Waals surface area contributed by atoms with Crippen LogP contribution in [0.1, 0.15) is 15.9 Å². The number of carbonyl (C=O) groups excluding carboxylic acids is 1. The molecule has 0 aliphatic carbocycles. The average Bonchev–Trinajstić information content (AvgIpc) is 3.03. The molecule has 3 rings (SSSR count). The number of nitrogens with one attached hydrogen (secondary N) is 1. The third-order valence-corrected chi connectivity index (χ3v) is 3.19. The quantitative estimate of drug-likeness (QED) is 0.720. The fourth-order valence-electron chi connectivity index (χ4n) is 1.99. The molecule has 2 aromatic carbocycles. The Hall–Kier alpha value is -3.23. The van der Waals surface area contributed by atoms with Gasteiger partial charge in [0.2, 0.25) is 5.89 Å². The highest BCUT2D eigenvalue weighted by Gasteiger charge is 2.30. The van der Waals surface area contributed by atoms with Gasteiger partial charge in [-0.2, -0.15) is 13.2 Å². The van der Waals surface area contributed by atoms with Gasteiger partial charge in [0.25, 0.3) is 5.91 Å². The number of anilines is 1. The Morgan fingerprint density at radius 3 is 2.40 bits per heavy atom. The Labute approximate surface area is 138 Å². The second-order valence-electron chi connectivity index (χ2n) is 4.95. The summed E-state index contributed by atoms with van der Waals surface area (Å²) in [7, 11) is 0. The van der Waals surface area contributed by atoms with Crippen molar-refractivity contribution in [2.45, 2.75) is 6.18 Å². The summed E-state index contributed by atoms with van der Waals surface area (Å²) in [6, 6.07) is 8.80. The number of nitrogens with zero attached hydrogens (tertiary/aromatic N) is 2. The molecule has 0 saturated heterocycles.